The third-order valence-electron chi connectivity index (χ3n) is 3.48. The zero-order valence-electron chi connectivity index (χ0n) is 11.2. The van der Waals surface area contributed by atoms with Crippen LogP contribution in [-0.2, 0) is 0 Å². The quantitative estimate of drug-likeness (QED) is 0.895. The molecule has 2 heterocycles. The first kappa shape index (κ1) is 12.1. The van der Waals surface area contributed by atoms with Gasteiger partial charge >= 0.3 is 0 Å². The number of hydrogen-bond acceptors (Lipinski definition) is 5. The van der Waals surface area contributed by atoms with Crippen molar-refractivity contribution >= 4 is 5.69 Å². The van der Waals surface area contributed by atoms with E-state index in [-0.39, 0.29) is 6.04 Å². The molecule has 1 aliphatic heterocycles. The molecule has 0 radical (unpaired) electrons. The molecule has 1 N–H and O–H groups in total. The highest BCUT2D eigenvalue weighted by atomic mass is 15.5. The highest BCUT2D eigenvalue weighted by Crippen LogP contribution is 2.23. The van der Waals surface area contributed by atoms with Crippen molar-refractivity contribution < 1.29 is 0 Å². The largest absolute Gasteiger partial charge is 0.378 e. The van der Waals surface area contributed by atoms with Crippen molar-refractivity contribution in [2.75, 3.05) is 25.5 Å². The van der Waals surface area contributed by atoms with E-state index in [0.717, 1.165) is 30.2 Å². The maximum Gasteiger partial charge on any atom is 0.173 e. The Morgan fingerprint density at radius 1 is 1.26 bits per heavy atom. The molecule has 1 atom stereocenters. The molecule has 3 rings (SSSR count). The zero-order chi connectivity index (χ0) is 13.2. The van der Waals surface area contributed by atoms with Gasteiger partial charge in [-0.2, -0.15) is 4.68 Å². The molecule has 1 aromatic carbocycles. The van der Waals surface area contributed by atoms with E-state index in [1.54, 1.807) is 0 Å². The average Bonchev–Trinajstić information content (AvgIpc) is 3.09. The van der Waals surface area contributed by atoms with Crippen LogP contribution in [0.4, 0.5) is 5.69 Å². The van der Waals surface area contributed by atoms with Crippen LogP contribution < -0.4 is 10.2 Å². The Labute approximate surface area is 112 Å². The molecule has 1 unspecified atom stereocenters. The van der Waals surface area contributed by atoms with Gasteiger partial charge < -0.3 is 10.2 Å². The minimum Gasteiger partial charge on any atom is -0.378 e. The second-order valence-corrected chi connectivity index (χ2v) is 5.01. The number of nitrogens with one attached hydrogen (secondary N) is 1. The molecule has 0 spiro atoms. The number of anilines is 1. The standard InChI is InChI=1S/C13H18N6/c1-18(2)10-5-7-11(8-6-10)19-13(15-16-17-19)12-4-3-9-14-12/h5-8,12,14H,3-4,9H2,1-2H3. The van der Waals surface area contributed by atoms with E-state index in [9.17, 15) is 0 Å². The van der Waals surface area contributed by atoms with Crippen molar-refractivity contribution in [3.63, 3.8) is 0 Å². The molecule has 1 aromatic heterocycles. The van der Waals surface area contributed by atoms with Crippen LogP contribution in [0, 0.1) is 0 Å². The molecule has 100 valence electrons. The highest BCUT2D eigenvalue weighted by Gasteiger charge is 2.22. The molecule has 1 fully saturated rings. The van der Waals surface area contributed by atoms with Crippen molar-refractivity contribution in [1.29, 1.82) is 0 Å². The van der Waals surface area contributed by atoms with Crippen molar-refractivity contribution in [1.82, 2.24) is 25.5 Å². The Balaban J connectivity index is 1.91. The third-order valence-corrected chi connectivity index (χ3v) is 3.48. The van der Waals surface area contributed by atoms with Crippen LogP contribution in [0.1, 0.15) is 24.7 Å². The molecular formula is C13H18N6. The van der Waals surface area contributed by atoms with Crippen LogP contribution in [0.2, 0.25) is 0 Å². The van der Waals surface area contributed by atoms with Crippen LogP contribution in [0.25, 0.3) is 5.69 Å². The first-order valence-corrected chi connectivity index (χ1v) is 6.55. The smallest absolute Gasteiger partial charge is 0.173 e. The van der Waals surface area contributed by atoms with Gasteiger partial charge in [0.2, 0.25) is 0 Å². The summed E-state index contributed by atoms with van der Waals surface area (Å²) in [6.45, 7) is 1.04. The van der Waals surface area contributed by atoms with Gasteiger partial charge in [-0.3, -0.25) is 0 Å². The fourth-order valence-electron chi connectivity index (χ4n) is 2.39. The van der Waals surface area contributed by atoms with Crippen molar-refractivity contribution in [2.45, 2.75) is 18.9 Å². The van der Waals surface area contributed by atoms with Crippen molar-refractivity contribution in [3.05, 3.63) is 30.1 Å². The Bertz CT molecular complexity index is 539. The Kier molecular flexibility index (Phi) is 3.16. The molecule has 1 aliphatic rings. The summed E-state index contributed by atoms with van der Waals surface area (Å²) in [5.74, 6) is 0.898. The second kappa shape index (κ2) is 4.97. The van der Waals surface area contributed by atoms with Crippen molar-refractivity contribution in [3.8, 4) is 5.69 Å². The summed E-state index contributed by atoms with van der Waals surface area (Å²) in [5, 5.41) is 15.5. The Morgan fingerprint density at radius 3 is 2.68 bits per heavy atom. The molecule has 6 nitrogen and oxygen atoms in total. The SMILES string of the molecule is CN(C)c1ccc(-n2nnnc2C2CCCN2)cc1. The predicted molar refractivity (Wildman–Crippen MR) is 73.5 cm³/mol. The highest BCUT2D eigenvalue weighted by molar-refractivity contribution is 5.49. The van der Waals surface area contributed by atoms with E-state index in [0.29, 0.717) is 0 Å². The van der Waals surface area contributed by atoms with E-state index in [2.05, 4.69) is 37.9 Å². The number of rotatable bonds is 3. The number of hydrogen-bond donors (Lipinski definition) is 1. The summed E-state index contributed by atoms with van der Waals surface area (Å²) < 4.78 is 1.82. The lowest BCUT2D eigenvalue weighted by Gasteiger charge is -2.14. The lowest BCUT2D eigenvalue weighted by atomic mass is 10.2. The fourth-order valence-corrected chi connectivity index (χ4v) is 2.39. The molecule has 0 saturated carbocycles. The van der Waals surface area contributed by atoms with E-state index >= 15 is 0 Å². The second-order valence-electron chi connectivity index (χ2n) is 5.01. The fraction of sp³-hybridized carbons (Fsp3) is 0.462. The van der Waals surface area contributed by atoms with Gasteiger partial charge in [-0.25, -0.2) is 0 Å². The van der Waals surface area contributed by atoms with Gasteiger partial charge in [0.05, 0.1) is 11.7 Å². The maximum atomic E-state index is 4.16. The number of nitrogens with zero attached hydrogens (tertiary/aromatic N) is 5. The molecule has 0 amide bonds. The first-order valence-electron chi connectivity index (χ1n) is 6.55. The van der Waals surface area contributed by atoms with Gasteiger partial charge in [0, 0.05) is 19.8 Å². The predicted octanol–water partition coefficient (Wildman–Crippen LogP) is 1.15. The van der Waals surface area contributed by atoms with Gasteiger partial charge in [-0.15, -0.1) is 5.10 Å². The Hall–Kier alpha value is -1.95. The Morgan fingerprint density at radius 2 is 2.05 bits per heavy atom. The molecule has 0 aliphatic carbocycles. The summed E-state index contributed by atoms with van der Waals surface area (Å²) in [6.07, 6.45) is 2.27. The number of aromatic nitrogens is 4. The lowest BCUT2D eigenvalue weighted by Crippen LogP contribution is -2.18. The lowest BCUT2D eigenvalue weighted by molar-refractivity contribution is 0.583. The summed E-state index contributed by atoms with van der Waals surface area (Å²) in [7, 11) is 4.06. The zero-order valence-corrected chi connectivity index (χ0v) is 11.2. The van der Waals surface area contributed by atoms with Gasteiger partial charge in [-0.05, 0) is 54.1 Å². The van der Waals surface area contributed by atoms with E-state index < -0.39 is 0 Å². The van der Waals surface area contributed by atoms with E-state index in [1.165, 1.54) is 6.42 Å². The molecular weight excluding hydrogens is 240 g/mol. The summed E-state index contributed by atoms with van der Waals surface area (Å²) >= 11 is 0. The number of benzene rings is 1. The maximum absolute atomic E-state index is 4.16. The molecule has 1 saturated heterocycles. The van der Waals surface area contributed by atoms with Gasteiger partial charge in [0.15, 0.2) is 5.82 Å². The molecule has 19 heavy (non-hydrogen) atoms. The summed E-state index contributed by atoms with van der Waals surface area (Å²) in [6, 6.07) is 8.50. The molecule has 2 aromatic rings. The van der Waals surface area contributed by atoms with Crippen LogP contribution in [-0.4, -0.2) is 40.8 Å². The van der Waals surface area contributed by atoms with Crippen molar-refractivity contribution in [2.24, 2.45) is 0 Å². The first-order chi connectivity index (χ1) is 9.25. The monoisotopic (exact) mass is 258 g/mol. The normalized spacial score (nSPS) is 18.7. The van der Waals surface area contributed by atoms with E-state index in [4.69, 9.17) is 0 Å². The minimum absolute atomic E-state index is 0.267. The summed E-state index contributed by atoms with van der Waals surface area (Å²) in [5.41, 5.74) is 2.16. The number of tetrazole rings is 1. The van der Waals surface area contributed by atoms with Gasteiger partial charge in [0.1, 0.15) is 0 Å². The van der Waals surface area contributed by atoms with Gasteiger partial charge in [-0.1, -0.05) is 0 Å². The van der Waals surface area contributed by atoms with Crippen LogP contribution >= 0.6 is 0 Å². The third kappa shape index (κ3) is 2.31. The minimum atomic E-state index is 0.267. The topological polar surface area (TPSA) is 58.9 Å². The van der Waals surface area contributed by atoms with Crippen LogP contribution in [0.3, 0.4) is 0 Å². The van der Waals surface area contributed by atoms with E-state index in [1.807, 2.05) is 30.9 Å². The van der Waals surface area contributed by atoms with Crippen LogP contribution in [0.15, 0.2) is 24.3 Å². The molecule has 0 bridgehead atoms. The summed E-state index contributed by atoms with van der Waals surface area (Å²) in [4.78, 5) is 2.07. The molecule has 6 heteroatoms. The average molecular weight is 258 g/mol. The van der Waals surface area contributed by atoms with Gasteiger partial charge in [0.25, 0.3) is 0 Å². The van der Waals surface area contributed by atoms with Crippen LogP contribution in [0.5, 0.6) is 0 Å².